The number of oxime groups is 1. The first-order valence-electron chi connectivity index (χ1n) is 5.89. The monoisotopic (exact) mass is 243 g/mol. The van der Waals surface area contributed by atoms with Crippen LogP contribution in [0.5, 0.6) is 0 Å². The first-order valence-corrected chi connectivity index (χ1v) is 5.89. The van der Waals surface area contributed by atoms with Crippen LogP contribution in [0.25, 0.3) is 0 Å². The van der Waals surface area contributed by atoms with Gasteiger partial charge in [0.25, 0.3) is 0 Å². The van der Waals surface area contributed by atoms with Crippen LogP contribution in [0.4, 0.5) is 4.79 Å². The van der Waals surface area contributed by atoms with Crippen molar-refractivity contribution in [2.24, 2.45) is 10.9 Å². The fourth-order valence-corrected chi connectivity index (χ4v) is 1.71. The van der Waals surface area contributed by atoms with Crippen LogP contribution in [0.2, 0.25) is 0 Å². The highest BCUT2D eigenvalue weighted by Crippen LogP contribution is 2.01. The first-order chi connectivity index (χ1) is 8.17. The molecule has 0 aromatic carbocycles. The van der Waals surface area contributed by atoms with Crippen LogP contribution in [0.3, 0.4) is 0 Å². The van der Waals surface area contributed by atoms with E-state index in [0.29, 0.717) is 26.2 Å². The van der Waals surface area contributed by atoms with Crippen molar-refractivity contribution in [1.29, 1.82) is 0 Å². The van der Waals surface area contributed by atoms with Crippen LogP contribution in [0, 0.1) is 0 Å². The molecule has 0 spiro atoms. The fourth-order valence-electron chi connectivity index (χ4n) is 1.71. The summed E-state index contributed by atoms with van der Waals surface area (Å²) in [6, 6.07) is -0.00435. The van der Waals surface area contributed by atoms with Crippen molar-refractivity contribution in [3.05, 3.63) is 0 Å². The molecule has 1 saturated heterocycles. The molecule has 0 saturated carbocycles. The minimum Gasteiger partial charge on any atom is -0.409 e. The van der Waals surface area contributed by atoms with Gasteiger partial charge in [-0.3, -0.25) is 4.90 Å². The molecule has 0 aliphatic carbocycles. The second-order valence-corrected chi connectivity index (χ2v) is 4.09. The molecule has 1 heterocycles. The third-order valence-electron chi connectivity index (χ3n) is 2.70. The number of nitrogens with two attached hydrogens (primary N) is 1. The van der Waals surface area contributed by atoms with Gasteiger partial charge >= 0.3 is 6.03 Å². The molecule has 98 valence electrons. The Morgan fingerprint density at radius 3 is 2.59 bits per heavy atom. The Balaban J connectivity index is 2.28. The summed E-state index contributed by atoms with van der Waals surface area (Å²) in [5, 5.41) is 14.3. The van der Waals surface area contributed by atoms with Crippen molar-refractivity contribution in [3.63, 3.8) is 0 Å². The lowest BCUT2D eigenvalue weighted by Crippen LogP contribution is -2.53. The van der Waals surface area contributed by atoms with Crippen LogP contribution in [-0.2, 0) is 0 Å². The molecule has 0 aromatic heterocycles. The summed E-state index contributed by atoms with van der Waals surface area (Å²) in [5.74, 6) is 0.203. The maximum absolute atomic E-state index is 11.6. The smallest absolute Gasteiger partial charge is 0.317 e. The third-order valence-corrected chi connectivity index (χ3v) is 2.70. The van der Waals surface area contributed by atoms with Crippen molar-refractivity contribution < 1.29 is 10.0 Å². The van der Waals surface area contributed by atoms with Crippen LogP contribution in [0.15, 0.2) is 5.16 Å². The quantitative estimate of drug-likeness (QED) is 0.268. The van der Waals surface area contributed by atoms with E-state index < -0.39 is 0 Å². The number of hydrogen-bond acceptors (Lipinski definition) is 4. The standard InChI is InChI=1S/C10H21N5O2/c1-2-3-12-10(16)15-6-4-14(5-7-15)8-9(11)13-17/h17H,2-8H2,1H3,(H2,11,13)(H,12,16). The topological polar surface area (TPSA) is 94.2 Å². The lowest BCUT2D eigenvalue weighted by Gasteiger charge is -2.34. The molecule has 0 atom stereocenters. The fraction of sp³-hybridized carbons (Fsp3) is 0.800. The van der Waals surface area contributed by atoms with Gasteiger partial charge in [-0.1, -0.05) is 12.1 Å². The zero-order valence-corrected chi connectivity index (χ0v) is 10.2. The molecule has 1 fully saturated rings. The lowest BCUT2D eigenvalue weighted by atomic mass is 10.3. The minimum absolute atomic E-state index is 0.00435. The molecule has 17 heavy (non-hydrogen) atoms. The van der Waals surface area contributed by atoms with Gasteiger partial charge in [0.15, 0.2) is 5.84 Å². The molecule has 0 aromatic rings. The molecule has 0 bridgehead atoms. The Hall–Kier alpha value is -1.50. The highest BCUT2D eigenvalue weighted by molar-refractivity contribution is 5.81. The highest BCUT2D eigenvalue weighted by Gasteiger charge is 2.20. The van der Waals surface area contributed by atoms with E-state index in [9.17, 15) is 4.79 Å². The zero-order chi connectivity index (χ0) is 12.7. The molecule has 1 aliphatic rings. The van der Waals surface area contributed by atoms with Gasteiger partial charge in [0, 0.05) is 32.7 Å². The number of amidine groups is 1. The van der Waals surface area contributed by atoms with Gasteiger partial charge in [0.2, 0.25) is 0 Å². The Labute approximate surface area is 101 Å². The van der Waals surface area contributed by atoms with Crippen LogP contribution in [-0.4, -0.2) is 66.1 Å². The summed E-state index contributed by atoms with van der Waals surface area (Å²) >= 11 is 0. The minimum atomic E-state index is -0.00435. The number of piperazine rings is 1. The van der Waals surface area contributed by atoms with Gasteiger partial charge in [0.05, 0.1) is 6.54 Å². The molecule has 1 aliphatic heterocycles. The van der Waals surface area contributed by atoms with Gasteiger partial charge in [-0.2, -0.15) is 0 Å². The predicted molar refractivity (Wildman–Crippen MR) is 65.1 cm³/mol. The number of hydrogen-bond donors (Lipinski definition) is 3. The van der Waals surface area contributed by atoms with Crippen molar-refractivity contribution in [2.75, 3.05) is 39.3 Å². The summed E-state index contributed by atoms with van der Waals surface area (Å²) in [5.41, 5.74) is 5.43. The maximum Gasteiger partial charge on any atom is 0.317 e. The summed E-state index contributed by atoms with van der Waals surface area (Å²) in [4.78, 5) is 15.5. The van der Waals surface area contributed by atoms with E-state index in [-0.39, 0.29) is 11.9 Å². The number of carbonyl (C=O) groups excluding carboxylic acids is 1. The largest absolute Gasteiger partial charge is 0.409 e. The highest BCUT2D eigenvalue weighted by atomic mass is 16.4. The summed E-state index contributed by atoms with van der Waals surface area (Å²) in [7, 11) is 0. The SMILES string of the molecule is CCCNC(=O)N1CCN(CC(N)=NO)CC1. The molecule has 7 nitrogen and oxygen atoms in total. The van der Waals surface area contributed by atoms with Gasteiger partial charge in [-0.25, -0.2) is 4.79 Å². The van der Waals surface area contributed by atoms with Gasteiger partial charge in [-0.15, -0.1) is 0 Å². The summed E-state index contributed by atoms with van der Waals surface area (Å²) in [6.45, 7) is 6.02. The molecule has 2 amide bonds. The second-order valence-electron chi connectivity index (χ2n) is 4.09. The van der Waals surface area contributed by atoms with Crippen molar-refractivity contribution in [3.8, 4) is 0 Å². The van der Waals surface area contributed by atoms with Crippen molar-refractivity contribution in [1.82, 2.24) is 15.1 Å². The number of carbonyl (C=O) groups is 1. The summed E-state index contributed by atoms with van der Waals surface area (Å²) < 4.78 is 0. The average Bonchev–Trinajstić information content (AvgIpc) is 2.36. The van der Waals surface area contributed by atoms with E-state index in [1.54, 1.807) is 4.90 Å². The molecule has 0 unspecified atom stereocenters. The molecule has 7 heteroatoms. The molecule has 4 N–H and O–H groups in total. The predicted octanol–water partition coefficient (Wildman–Crippen LogP) is -0.530. The molecular formula is C10H21N5O2. The number of nitrogens with one attached hydrogen (secondary N) is 1. The second kappa shape index (κ2) is 6.95. The van der Waals surface area contributed by atoms with Crippen LogP contribution < -0.4 is 11.1 Å². The van der Waals surface area contributed by atoms with E-state index in [1.165, 1.54) is 0 Å². The van der Waals surface area contributed by atoms with Crippen LogP contribution >= 0.6 is 0 Å². The number of amides is 2. The molecular weight excluding hydrogens is 222 g/mol. The number of nitrogens with zero attached hydrogens (tertiary/aromatic N) is 3. The Kier molecular flexibility index (Phi) is 5.55. The Morgan fingerprint density at radius 1 is 1.41 bits per heavy atom. The molecule has 1 rings (SSSR count). The number of urea groups is 1. The average molecular weight is 243 g/mol. The van der Waals surface area contributed by atoms with Gasteiger partial charge in [0.1, 0.15) is 0 Å². The van der Waals surface area contributed by atoms with E-state index in [1.807, 2.05) is 6.92 Å². The first kappa shape index (κ1) is 13.6. The van der Waals surface area contributed by atoms with Gasteiger partial charge < -0.3 is 21.2 Å². The lowest BCUT2D eigenvalue weighted by molar-refractivity contribution is 0.148. The summed E-state index contributed by atoms with van der Waals surface area (Å²) in [6.07, 6.45) is 0.940. The third kappa shape index (κ3) is 4.48. The van der Waals surface area contributed by atoms with Crippen molar-refractivity contribution in [2.45, 2.75) is 13.3 Å². The zero-order valence-electron chi connectivity index (χ0n) is 10.2. The number of rotatable bonds is 4. The maximum atomic E-state index is 11.6. The van der Waals surface area contributed by atoms with Crippen molar-refractivity contribution >= 4 is 11.9 Å². The van der Waals surface area contributed by atoms with Gasteiger partial charge in [-0.05, 0) is 6.42 Å². The van der Waals surface area contributed by atoms with E-state index in [4.69, 9.17) is 10.9 Å². The molecule has 0 radical (unpaired) electrons. The van der Waals surface area contributed by atoms with E-state index in [2.05, 4.69) is 15.4 Å². The normalized spacial score (nSPS) is 18.2. The Bertz CT molecular complexity index is 274. The van der Waals surface area contributed by atoms with E-state index >= 15 is 0 Å². The van der Waals surface area contributed by atoms with Crippen LogP contribution in [0.1, 0.15) is 13.3 Å². The van der Waals surface area contributed by atoms with E-state index in [0.717, 1.165) is 19.5 Å². The Morgan fingerprint density at radius 2 is 2.06 bits per heavy atom.